The first-order valence-corrected chi connectivity index (χ1v) is 14.0. The smallest absolute Gasteiger partial charge is 0.326 e. The van der Waals surface area contributed by atoms with E-state index in [1.165, 1.54) is 0 Å². The Morgan fingerprint density at radius 3 is 1.97 bits per heavy atom. The van der Waals surface area contributed by atoms with Crippen LogP contribution in [-0.4, -0.2) is 46.1 Å². The molecule has 0 fully saturated rings. The predicted molar refractivity (Wildman–Crippen MR) is 142 cm³/mol. The van der Waals surface area contributed by atoms with Gasteiger partial charge in [0.05, 0.1) is 12.3 Å². The molecule has 0 saturated heterocycles. The number of carboxylic acids is 1. The number of nitrogens with two attached hydrogens (primary N) is 1. The van der Waals surface area contributed by atoms with E-state index in [-0.39, 0.29) is 18.7 Å². The minimum absolute atomic E-state index is 0.0165. The fourth-order valence-electron chi connectivity index (χ4n) is 4.06. The lowest BCUT2D eigenvalue weighted by Crippen LogP contribution is -2.46. The van der Waals surface area contributed by atoms with Gasteiger partial charge in [0.15, 0.2) is 0 Å². The number of benzene rings is 3. The van der Waals surface area contributed by atoms with Gasteiger partial charge in [0.2, 0.25) is 19.2 Å². The van der Waals surface area contributed by atoms with Gasteiger partial charge >= 0.3 is 5.97 Å². The molecule has 8 nitrogen and oxygen atoms in total. The quantitative estimate of drug-likeness (QED) is 0.253. The molecule has 2 amide bonds. The third-order valence-electron chi connectivity index (χ3n) is 6.03. The van der Waals surface area contributed by atoms with Crippen molar-refractivity contribution in [3.05, 3.63) is 96.1 Å². The Hall–Kier alpha value is -3.74. The van der Waals surface area contributed by atoms with E-state index >= 15 is 0 Å². The Kier molecular flexibility index (Phi) is 9.78. The van der Waals surface area contributed by atoms with Crippen molar-refractivity contribution in [1.29, 1.82) is 0 Å². The molecule has 3 aromatic rings. The Morgan fingerprint density at radius 1 is 0.838 bits per heavy atom. The van der Waals surface area contributed by atoms with E-state index in [4.69, 9.17) is 5.73 Å². The topological polar surface area (TPSA) is 147 Å². The highest BCUT2D eigenvalue weighted by molar-refractivity contribution is 7.58. The highest BCUT2D eigenvalue weighted by atomic mass is 31.2. The monoisotopic (exact) mass is 522 g/mol. The maximum absolute atomic E-state index is 13.1. The Labute approximate surface area is 216 Å². The Morgan fingerprint density at radius 2 is 1.41 bits per heavy atom. The second kappa shape index (κ2) is 13.0. The Bertz CT molecular complexity index is 1250. The molecule has 0 aliphatic heterocycles. The van der Waals surface area contributed by atoms with Crippen molar-refractivity contribution in [2.45, 2.75) is 25.3 Å². The van der Waals surface area contributed by atoms with Crippen molar-refractivity contribution in [3.8, 4) is 11.1 Å². The van der Waals surface area contributed by atoms with Gasteiger partial charge in [-0.3, -0.25) is 14.2 Å². The van der Waals surface area contributed by atoms with E-state index in [1.54, 1.807) is 0 Å². The van der Waals surface area contributed by atoms with E-state index in [2.05, 4.69) is 5.32 Å². The van der Waals surface area contributed by atoms with E-state index in [1.807, 2.05) is 84.9 Å². The van der Waals surface area contributed by atoms with E-state index in [0.717, 1.165) is 22.3 Å². The molecular formula is C28H31N2O6P. The first kappa shape index (κ1) is 27.8. The van der Waals surface area contributed by atoms with Crippen molar-refractivity contribution >= 4 is 25.2 Å². The SMILES string of the molecule is NC(=O)C[C@H](NC(=O)[C@@H](Cc1ccc(-c2ccccc2)cc1)CP(=O)(O)CCc1ccccc1)C(=O)O. The van der Waals surface area contributed by atoms with Crippen LogP contribution < -0.4 is 11.1 Å². The molecule has 0 heterocycles. The summed E-state index contributed by atoms with van der Waals surface area (Å²) in [5, 5.41) is 11.7. The first-order chi connectivity index (χ1) is 17.6. The summed E-state index contributed by atoms with van der Waals surface area (Å²) < 4.78 is 13.1. The molecule has 0 aliphatic carbocycles. The second-order valence-corrected chi connectivity index (χ2v) is 11.5. The zero-order valence-electron chi connectivity index (χ0n) is 20.3. The summed E-state index contributed by atoms with van der Waals surface area (Å²) in [7, 11) is -3.76. The summed E-state index contributed by atoms with van der Waals surface area (Å²) in [5.74, 6) is -3.98. The summed E-state index contributed by atoms with van der Waals surface area (Å²) in [6, 6.07) is 25.0. The average Bonchev–Trinajstić information content (AvgIpc) is 2.88. The number of hydrogen-bond donors (Lipinski definition) is 4. The minimum atomic E-state index is -3.76. The zero-order valence-corrected chi connectivity index (χ0v) is 21.2. The molecule has 0 radical (unpaired) electrons. The maximum Gasteiger partial charge on any atom is 0.326 e. The highest BCUT2D eigenvalue weighted by Crippen LogP contribution is 2.43. The van der Waals surface area contributed by atoms with Crippen LogP contribution >= 0.6 is 7.37 Å². The van der Waals surface area contributed by atoms with Gasteiger partial charge in [-0.1, -0.05) is 84.9 Å². The average molecular weight is 523 g/mol. The largest absolute Gasteiger partial charge is 0.480 e. The molecule has 0 aliphatic rings. The van der Waals surface area contributed by atoms with Gasteiger partial charge in [-0.2, -0.15) is 0 Å². The van der Waals surface area contributed by atoms with Crippen LogP contribution in [0.25, 0.3) is 11.1 Å². The van der Waals surface area contributed by atoms with Gasteiger partial charge < -0.3 is 21.1 Å². The molecule has 0 saturated carbocycles. The molecule has 9 heteroatoms. The fraction of sp³-hybridized carbons (Fsp3) is 0.250. The Balaban J connectivity index is 1.78. The molecule has 0 spiro atoms. The van der Waals surface area contributed by atoms with Crippen LogP contribution in [0.1, 0.15) is 17.5 Å². The lowest BCUT2D eigenvalue weighted by Gasteiger charge is -2.22. The molecule has 3 atom stereocenters. The summed E-state index contributed by atoms with van der Waals surface area (Å²) in [4.78, 5) is 46.7. The van der Waals surface area contributed by atoms with E-state index in [0.29, 0.717) is 6.42 Å². The number of hydrogen-bond acceptors (Lipinski definition) is 4. The molecule has 3 rings (SSSR count). The van der Waals surface area contributed by atoms with Crippen LogP contribution in [0.5, 0.6) is 0 Å². The minimum Gasteiger partial charge on any atom is -0.480 e. The predicted octanol–water partition coefficient (Wildman–Crippen LogP) is 3.47. The van der Waals surface area contributed by atoms with E-state index in [9.17, 15) is 28.9 Å². The van der Waals surface area contributed by atoms with Crippen molar-refractivity contribution in [2.24, 2.45) is 11.7 Å². The van der Waals surface area contributed by atoms with Crippen molar-refractivity contribution in [2.75, 3.05) is 12.3 Å². The van der Waals surface area contributed by atoms with Crippen LogP contribution in [0, 0.1) is 5.92 Å². The van der Waals surface area contributed by atoms with Gasteiger partial charge in [0.1, 0.15) is 6.04 Å². The third kappa shape index (κ3) is 9.01. The van der Waals surface area contributed by atoms with Crippen molar-refractivity contribution in [1.82, 2.24) is 5.32 Å². The number of amides is 2. The van der Waals surface area contributed by atoms with Crippen LogP contribution in [0.4, 0.5) is 0 Å². The maximum atomic E-state index is 13.1. The van der Waals surface area contributed by atoms with Crippen molar-refractivity contribution < 1.29 is 28.9 Å². The molecule has 0 aromatic heterocycles. The standard InChI is InChI=1S/C28H31N2O6P/c29-26(31)18-25(28(33)34)30-27(32)24(19-37(35,36)16-15-20-7-3-1-4-8-20)17-21-11-13-23(14-12-21)22-9-5-2-6-10-22/h1-14,24-25H,15-19H2,(H2,29,31)(H,30,32)(H,33,34)(H,35,36)/t24-,25-/m0/s1. The lowest BCUT2D eigenvalue weighted by atomic mass is 9.97. The second-order valence-electron chi connectivity index (χ2n) is 9.02. The number of carbonyl (C=O) groups is 3. The summed E-state index contributed by atoms with van der Waals surface area (Å²) in [6.07, 6.45) is -0.426. The molecule has 37 heavy (non-hydrogen) atoms. The molecule has 0 bridgehead atoms. The van der Waals surface area contributed by atoms with Gasteiger partial charge in [0, 0.05) is 12.3 Å². The summed E-state index contributed by atoms with van der Waals surface area (Å²) in [6.45, 7) is 0. The van der Waals surface area contributed by atoms with Gasteiger partial charge in [0.25, 0.3) is 0 Å². The lowest BCUT2D eigenvalue weighted by molar-refractivity contribution is -0.143. The summed E-state index contributed by atoms with van der Waals surface area (Å²) >= 11 is 0. The number of aliphatic carboxylic acids is 1. The number of aryl methyl sites for hydroxylation is 1. The third-order valence-corrected chi connectivity index (χ3v) is 7.97. The van der Waals surface area contributed by atoms with Crippen molar-refractivity contribution in [3.63, 3.8) is 0 Å². The molecular weight excluding hydrogens is 491 g/mol. The molecule has 1 unspecified atom stereocenters. The van der Waals surface area contributed by atoms with Gasteiger partial charge in [-0.15, -0.1) is 0 Å². The number of rotatable bonds is 13. The van der Waals surface area contributed by atoms with Gasteiger partial charge in [-0.25, -0.2) is 4.79 Å². The van der Waals surface area contributed by atoms with Crippen LogP contribution in [0.2, 0.25) is 0 Å². The van der Waals surface area contributed by atoms with Gasteiger partial charge in [-0.05, 0) is 35.1 Å². The van der Waals surface area contributed by atoms with E-state index < -0.39 is 43.5 Å². The van der Waals surface area contributed by atoms with Crippen LogP contribution in [0.3, 0.4) is 0 Å². The fourth-order valence-corrected chi connectivity index (χ4v) is 5.84. The summed E-state index contributed by atoms with van der Waals surface area (Å²) in [5.41, 5.74) is 8.79. The number of primary amides is 1. The number of carboxylic acid groups (broad SMARTS) is 1. The van der Waals surface area contributed by atoms with Crippen LogP contribution in [0.15, 0.2) is 84.9 Å². The molecule has 5 N–H and O–H groups in total. The highest BCUT2D eigenvalue weighted by Gasteiger charge is 2.32. The molecule has 3 aromatic carbocycles. The number of nitrogens with one attached hydrogen (secondary N) is 1. The first-order valence-electron chi connectivity index (χ1n) is 11.9. The molecule has 194 valence electrons. The number of carbonyl (C=O) groups excluding carboxylic acids is 2. The normalized spacial score (nSPS) is 14.2. The van der Waals surface area contributed by atoms with Crippen LogP contribution in [-0.2, 0) is 31.8 Å². The zero-order chi connectivity index (χ0) is 26.8.